The Bertz CT molecular complexity index is 1070. The first-order chi connectivity index (χ1) is 14.4. The molecule has 1 aliphatic heterocycles. The van der Waals surface area contributed by atoms with Crippen molar-refractivity contribution < 1.29 is 24.4 Å². The molecule has 0 saturated carbocycles. The lowest BCUT2D eigenvalue weighted by atomic mass is 10.0. The van der Waals surface area contributed by atoms with Crippen molar-refractivity contribution in [3.8, 4) is 0 Å². The van der Waals surface area contributed by atoms with Crippen molar-refractivity contribution in [1.82, 2.24) is 24.7 Å². The normalized spacial score (nSPS) is 16.7. The first kappa shape index (κ1) is 20.0. The van der Waals surface area contributed by atoms with Crippen LogP contribution in [0.5, 0.6) is 0 Å². The summed E-state index contributed by atoms with van der Waals surface area (Å²) in [6.45, 7) is 4.74. The van der Waals surface area contributed by atoms with Crippen molar-refractivity contribution in [3.63, 3.8) is 0 Å². The van der Waals surface area contributed by atoms with Crippen LogP contribution in [-0.4, -0.2) is 73.0 Å². The van der Waals surface area contributed by atoms with Crippen LogP contribution in [0.1, 0.15) is 23.0 Å². The number of aryl methyl sites for hydroxylation is 1. The molecule has 2 N–H and O–H groups in total. The van der Waals surface area contributed by atoms with Crippen molar-refractivity contribution >= 4 is 22.8 Å². The molecule has 30 heavy (non-hydrogen) atoms. The monoisotopic (exact) mass is 413 g/mol. The van der Waals surface area contributed by atoms with E-state index in [4.69, 9.17) is 4.63 Å². The number of hydrogen-bond donors (Lipinski definition) is 2. The Morgan fingerprint density at radius 1 is 1.13 bits per heavy atom. The van der Waals surface area contributed by atoms with E-state index in [1.165, 1.54) is 0 Å². The van der Waals surface area contributed by atoms with Crippen molar-refractivity contribution in [2.45, 2.75) is 26.1 Å². The van der Waals surface area contributed by atoms with Crippen molar-refractivity contribution in [2.75, 3.05) is 26.2 Å². The van der Waals surface area contributed by atoms with Crippen molar-refractivity contribution in [1.29, 1.82) is 0 Å². The fourth-order valence-electron chi connectivity index (χ4n) is 4.04. The van der Waals surface area contributed by atoms with Gasteiger partial charge >= 0.3 is 11.9 Å². The molecule has 158 valence electrons. The number of carboxylic acids is 2. The number of carboxylic acid groups (broad SMARTS) is 2. The van der Waals surface area contributed by atoms with Crippen LogP contribution in [-0.2, 0) is 22.7 Å². The molecule has 1 aromatic carbocycles. The Morgan fingerprint density at radius 3 is 2.50 bits per heavy atom. The molecule has 0 bridgehead atoms. The Balaban J connectivity index is 1.56. The fourth-order valence-corrected chi connectivity index (χ4v) is 4.04. The SMILES string of the molecule is Cc1nonc1CN1CCN(C(C(=O)O)c2cn(CC(=O)O)c3ccccc23)CC1. The molecule has 0 radical (unpaired) electrons. The number of hydrogen-bond acceptors (Lipinski definition) is 7. The summed E-state index contributed by atoms with van der Waals surface area (Å²) in [6.07, 6.45) is 1.66. The molecular weight excluding hydrogens is 390 g/mol. The third-order valence-corrected chi connectivity index (χ3v) is 5.55. The summed E-state index contributed by atoms with van der Waals surface area (Å²) in [7, 11) is 0. The van der Waals surface area contributed by atoms with Gasteiger partial charge in [-0.2, -0.15) is 0 Å². The second kappa shape index (κ2) is 8.25. The predicted molar refractivity (Wildman–Crippen MR) is 106 cm³/mol. The summed E-state index contributed by atoms with van der Waals surface area (Å²) in [5.41, 5.74) is 2.88. The highest BCUT2D eigenvalue weighted by molar-refractivity contribution is 5.90. The smallest absolute Gasteiger partial charge is 0.325 e. The Hall–Kier alpha value is -3.24. The lowest BCUT2D eigenvalue weighted by Gasteiger charge is -2.37. The molecule has 2 aromatic heterocycles. The van der Waals surface area contributed by atoms with E-state index in [-0.39, 0.29) is 6.54 Å². The highest BCUT2D eigenvalue weighted by Crippen LogP contribution is 2.31. The molecule has 0 aliphatic carbocycles. The zero-order chi connectivity index (χ0) is 21.3. The molecule has 1 fully saturated rings. The van der Waals surface area contributed by atoms with Crippen LogP contribution in [0, 0.1) is 6.92 Å². The number of piperazine rings is 1. The number of fused-ring (bicyclic) bond motifs is 1. The quantitative estimate of drug-likeness (QED) is 0.590. The van der Waals surface area contributed by atoms with Gasteiger partial charge in [0.2, 0.25) is 0 Å². The van der Waals surface area contributed by atoms with Gasteiger partial charge in [-0.1, -0.05) is 28.5 Å². The molecule has 1 unspecified atom stereocenters. The summed E-state index contributed by atoms with van der Waals surface area (Å²) in [4.78, 5) is 27.6. The average molecular weight is 413 g/mol. The van der Waals surface area contributed by atoms with Gasteiger partial charge in [-0.25, -0.2) is 4.63 Å². The molecule has 10 nitrogen and oxygen atoms in total. The van der Waals surface area contributed by atoms with Gasteiger partial charge in [0.1, 0.15) is 24.0 Å². The molecule has 0 amide bonds. The number of para-hydroxylation sites is 1. The van der Waals surface area contributed by atoms with Gasteiger partial charge in [0, 0.05) is 55.4 Å². The van der Waals surface area contributed by atoms with E-state index in [1.807, 2.05) is 36.1 Å². The van der Waals surface area contributed by atoms with E-state index < -0.39 is 18.0 Å². The number of nitrogens with zero attached hydrogens (tertiary/aromatic N) is 5. The summed E-state index contributed by atoms with van der Waals surface area (Å²) in [5.74, 6) is -1.92. The average Bonchev–Trinajstić information content (AvgIpc) is 3.27. The Labute approximate surface area is 172 Å². The second-order valence-corrected chi connectivity index (χ2v) is 7.47. The third kappa shape index (κ3) is 3.91. The molecule has 10 heteroatoms. The van der Waals surface area contributed by atoms with Gasteiger partial charge in [-0.3, -0.25) is 19.4 Å². The molecule has 3 aromatic rings. The fraction of sp³-hybridized carbons (Fsp3) is 0.400. The van der Waals surface area contributed by atoms with Gasteiger partial charge in [-0.05, 0) is 13.0 Å². The standard InChI is InChI=1S/C20H23N5O5/c1-13-16(22-30-21-13)11-23-6-8-24(9-7-23)19(20(28)29)15-10-25(12-18(26)27)17-5-3-2-4-14(15)17/h2-5,10,19H,6-9,11-12H2,1H3,(H,26,27)(H,28,29). The lowest BCUT2D eigenvalue weighted by molar-refractivity contribution is -0.144. The number of carbonyl (C=O) groups is 2. The van der Waals surface area contributed by atoms with Gasteiger partial charge in [0.25, 0.3) is 0 Å². The molecule has 3 heterocycles. The molecule has 4 rings (SSSR count). The summed E-state index contributed by atoms with van der Waals surface area (Å²) in [5, 5.41) is 27.7. The Kier molecular flexibility index (Phi) is 5.51. The second-order valence-electron chi connectivity index (χ2n) is 7.47. The van der Waals surface area contributed by atoms with Crippen molar-refractivity contribution in [3.05, 3.63) is 47.4 Å². The maximum absolute atomic E-state index is 12.2. The Morgan fingerprint density at radius 2 is 1.87 bits per heavy atom. The van der Waals surface area contributed by atoms with Crippen molar-refractivity contribution in [2.24, 2.45) is 0 Å². The minimum Gasteiger partial charge on any atom is -0.480 e. The summed E-state index contributed by atoms with van der Waals surface area (Å²) >= 11 is 0. The number of aromatic nitrogens is 3. The van der Waals surface area contributed by atoms with Gasteiger partial charge < -0.3 is 14.8 Å². The number of aliphatic carboxylic acids is 2. The van der Waals surface area contributed by atoms with Gasteiger partial charge in [0.15, 0.2) is 0 Å². The van der Waals surface area contributed by atoms with E-state index in [2.05, 4.69) is 15.2 Å². The molecule has 1 atom stereocenters. The topological polar surface area (TPSA) is 125 Å². The van der Waals surface area contributed by atoms with Crippen LogP contribution in [0.3, 0.4) is 0 Å². The van der Waals surface area contributed by atoms with E-state index in [9.17, 15) is 19.8 Å². The number of rotatable bonds is 7. The third-order valence-electron chi connectivity index (χ3n) is 5.55. The predicted octanol–water partition coefficient (Wildman–Crippen LogP) is 1.36. The molecule has 0 spiro atoms. The number of benzene rings is 1. The zero-order valence-electron chi connectivity index (χ0n) is 16.6. The van der Waals surface area contributed by atoms with E-state index in [0.717, 1.165) is 16.8 Å². The molecule has 1 aliphatic rings. The maximum Gasteiger partial charge on any atom is 0.325 e. The first-order valence-electron chi connectivity index (χ1n) is 9.71. The lowest BCUT2D eigenvalue weighted by Crippen LogP contribution is -2.48. The summed E-state index contributed by atoms with van der Waals surface area (Å²) in [6, 6.07) is 6.46. The first-order valence-corrected chi connectivity index (χ1v) is 9.71. The largest absolute Gasteiger partial charge is 0.480 e. The van der Waals surface area contributed by atoms with E-state index >= 15 is 0 Å². The van der Waals surface area contributed by atoms with Crippen LogP contribution in [0.2, 0.25) is 0 Å². The highest BCUT2D eigenvalue weighted by Gasteiger charge is 2.33. The minimum absolute atomic E-state index is 0.217. The van der Waals surface area contributed by atoms with Crippen LogP contribution in [0.15, 0.2) is 35.1 Å². The molecular formula is C20H23N5O5. The minimum atomic E-state index is -0.972. The van der Waals surface area contributed by atoms with Gasteiger partial charge in [-0.15, -0.1) is 0 Å². The van der Waals surface area contributed by atoms with E-state index in [1.54, 1.807) is 10.8 Å². The zero-order valence-corrected chi connectivity index (χ0v) is 16.6. The van der Waals surface area contributed by atoms with Gasteiger partial charge in [0.05, 0.1) is 0 Å². The summed E-state index contributed by atoms with van der Waals surface area (Å²) < 4.78 is 6.34. The van der Waals surface area contributed by atoms with Crippen LogP contribution >= 0.6 is 0 Å². The maximum atomic E-state index is 12.2. The van der Waals surface area contributed by atoms with E-state index in [0.29, 0.717) is 43.8 Å². The highest BCUT2D eigenvalue weighted by atomic mass is 16.6. The van der Waals surface area contributed by atoms with Crippen LogP contribution in [0.25, 0.3) is 10.9 Å². The molecule has 1 saturated heterocycles. The van der Waals surface area contributed by atoms with Crippen LogP contribution in [0.4, 0.5) is 0 Å². The van der Waals surface area contributed by atoms with Crippen LogP contribution < -0.4 is 0 Å².